The maximum absolute atomic E-state index is 11.6. The molecule has 0 spiro atoms. The van der Waals surface area contributed by atoms with Crippen LogP contribution in [0.3, 0.4) is 0 Å². The fourth-order valence-corrected chi connectivity index (χ4v) is 3.25. The van der Waals surface area contributed by atoms with Crippen LogP contribution < -0.4 is 0 Å². The van der Waals surface area contributed by atoms with Crippen molar-refractivity contribution in [1.82, 2.24) is 4.90 Å². The summed E-state index contributed by atoms with van der Waals surface area (Å²) in [6, 6.07) is 12.6. The van der Waals surface area contributed by atoms with Crippen LogP contribution in [0.1, 0.15) is 16.7 Å². The van der Waals surface area contributed by atoms with Crippen molar-refractivity contribution in [3.63, 3.8) is 0 Å². The topological polar surface area (TPSA) is 40.5 Å². The smallest absolute Gasteiger partial charge is 0.321 e. The highest BCUT2D eigenvalue weighted by molar-refractivity contribution is 6.31. The summed E-state index contributed by atoms with van der Waals surface area (Å²) in [6.45, 7) is 1.06. The van der Waals surface area contributed by atoms with Crippen LogP contribution in [0, 0.1) is 0 Å². The number of carbonyl (C=O) groups is 1. The molecule has 0 bridgehead atoms. The summed E-state index contributed by atoms with van der Waals surface area (Å²) in [7, 11) is 0. The van der Waals surface area contributed by atoms with Crippen LogP contribution in [0.15, 0.2) is 42.5 Å². The van der Waals surface area contributed by atoms with Crippen molar-refractivity contribution in [2.24, 2.45) is 0 Å². The highest BCUT2D eigenvalue weighted by Crippen LogP contribution is 2.28. The van der Waals surface area contributed by atoms with E-state index >= 15 is 0 Å². The molecule has 2 aromatic carbocycles. The van der Waals surface area contributed by atoms with Crippen LogP contribution in [-0.4, -0.2) is 22.0 Å². The average molecular weight is 336 g/mol. The van der Waals surface area contributed by atoms with Crippen LogP contribution in [0.5, 0.6) is 0 Å². The SMILES string of the molecule is O=C(O)[C@H]1Cc2ccc(Cl)cc2CN1Cc1ccccc1Cl. The second-order valence-electron chi connectivity index (χ2n) is 5.47. The molecule has 0 aromatic heterocycles. The lowest BCUT2D eigenvalue weighted by Crippen LogP contribution is -2.45. The summed E-state index contributed by atoms with van der Waals surface area (Å²) in [4.78, 5) is 13.5. The number of carboxylic acids is 1. The maximum atomic E-state index is 11.6. The molecule has 22 heavy (non-hydrogen) atoms. The van der Waals surface area contributed by atoms with Crippen molar-refractivity contribution < 1.29 is 9.90 Å². The van der Waals surface area contributed by atoms with Gasteiger partial charge in [-0.25, -0.2) is 0 Å². The molecule has 1 atom stereocenters. The Morgan fingerprint density at radius 2 is 1.95 bits per heavy atom. The summed E-state index contributed by atoms with van der Waals surface area (Å²) in [5.74, 6) is -0.812. The Balaban J connectivity index is 1.91. The molecule has 1 heterocycles. The zero-order valence-electron chi connectivity index (χ0n) is 11.8. The van der Waals surface area contributed by atoms with Crippen LogP contribution in [0.4, 0.5) is 0 Å². The molecule has 0 saturated carbocycles. The predicted molar refractivity (Wildman–Crippen MR) is 87.3 cm³/mol. The summed E-state index contributed by atoms with van der Waals surface area (Å²) in [5, 5.41) is 10.9. The maximum Gasteiger partial charge on any atom is 0.321 e. The number of hydrogen-bond donors (Lipinski definition) is 1. The molecule has 5 heteroatoms. The molecule has 0 aliphatic carbocycles. The van der Waals surface area contributed by atoms with Gasteiger partial charge in [0, 0.05) is 23.1 Å². The Bertz CT molecular complexity index is 718. The third-order valence-electron chi connectivity index (χ3n) is 4.01. The number of carboxylic acid groups (broad SMARTS) is 1. The first-order chi connectivity index (χ1) is 10.5. The van der Waals surface area contributed by atoms with Gasteiger partial charge in [0.05, 0.1) is 0 Å². The molecule has 1 aliphatic heterocycles. The molecule has 3 nitrogen and oxygen atoms in total. The number of nitrogens with zero attached hydrogens (tertiary/aromatic N) is 1. The fourth-order valence-electron chi connectivity index (χ4n) is 2.86. The molecule has 3 rings (SSSR count). The van der Waals surface area contributed by atoms with Gasteiger partial charge in [-0.1, -0.05) is 47.5 Å². The Morgan fingerprint density at radius 3 is 2.68 bits per heavy atom. The molecule has 114 valence electrons. The molecule has 1 aliphatic rings. The summed E-state index contributed by atoms with van der Waals surface area (Å²) in [6.07, 6.45) is 0.478. The molecular formula is C17H15Cl2NO2. The van der Waals surface area contributed by atoms with Gasteiger partial charge < -0.3 is 5.11 Å². The Hall–Kier alpha value is -1.55. The molecule has 0 unspecified atom stereocenters. The first-order valence-corrected chi connectivity index (χ1v) is 7.78. The van der Waals surface area contributed by atoms with Crippen molar-refractivity contribution in [3.8, 4) is 0 Å². The number of halogens is 2. The van der Waals surface area contributed by atoms with Gasteiger partial charge >= 0.3 is 5.97 Å². The minimum Gasteiger partial charge on any atom is -0.480 e. The van der Waals surface area contributed by atoms with E-state index in [4.69, 9.17) is 23.2 Å². The van der Waals surface area contributed by atoms with Crippen LogP contribution in [0.25, 0.3) is 0 Å². The van der Waals surface area contributed by atoms with Gasteiger partial charge in [-0.15, -0.1) is 0 Å². The molecule has 1 N–H and O–H groups in total. The van der Waals surface area contributed by atoms with E-state index in [1.807, 2.05) is 47.4 Å². The molecule has 0 amide bonds. The monoisotopic (exact) mass is 335 g/mol. The highest BCUT2D eigenvalue weighted by atomic mass is 35.5. The van der Waals surface area contributed by atoms with E-state index in [1.165, 1.54) is 0 Å². The first kappa shape index (κ1) is 15.3. The minimum atomic E-state index is -0.812. The Labute approximate surface area is 139 Å². The van der Waals surface area contributed by atoms with Gasteiger partial charge in [0.1, 0.15) is 6.04 Å². The van der Waals surface area contributed by atoms with E-state index in [2.05, 4.69) is 0 Å². The lowest BCUT2D eigenvalue weighted by molar-refractivity contribution is -0.144. The van der Waals surface area contributed by atoms with Gasteiger partial charge in [0.2, 0.25) is 0 Å². The minimum absolute atomic E-state index is 0.478. The number of aliphatic carboxylic acids is 1. The van der Waals surface area contributed by atoms with Crippen molar-refractivity contribution >= 4 is 29.2 Å². The molecule has 0 radical (unpaired) electrons. The highest BCUT2D eigenvalue weighted by Gasteiger charge is 2.31. The summed E-state index contributed by atoms with van der Waals surface area (Å²) < 4.78 is 0. The van der Waals surface area contributed by atoms with E-state index in [1.54, 1.807) is 0 Å². The van der Waals surface area contributed by atoms with Gasteiger partial charge in [-0.05, 0) is 41.3 Å². The van der Waals surface area contributed by atoms with Crippen molar-refractivity contribution in [1.29, 1.82) is 0 Å². The van der Waals surface area contributed by atoms with Crippen molar-refractivity contribution in [3.05, 3.63) is 69.2 Å². The number of hydrogen-bond acceptors (Lipinski definition) is 2. The van der Waals surface area contributed by atoms with Gasteiger partial charge in [0.25, 0.3) is 0 Å². The van der Waals surface area contributed by atoms with Crippen molar-refractivity contribution in [2.75, 3.05) is 0 Å². The molecule has 0 fully saturated rings. The Kier molecular flexibility index (Phi) is 4.39. The van der Waals surface area contributed by atoms with E-state index in [0.717, 1.165) is 16.7 Å². The zero-order valence-corrected chi connectivity index (χ0v) is 13.3. The van der Waals surface area contributed by atoms with E-state index in [0.29, 0.717) is 29.6 Å². The third-order valence-corrected chi connectivity index (χ3v) is 4.62. The van der Waals surface area contributed by atoms with Crippen LogP contribution in [-0.2, 0) is 24.3 Å². The predicted octanol–water partition coefficient (Wildman–Crippen LogP) is 4.00. The number of benzene rings is 2. The lowest BCUT2D eigenvalue weighted by Gasteiger charge is -2.34. The summed E-state index contributed by atoms with van der Waals surface area (Å²) >= 11 is 12.3. The zero-order chi connectivity index (χ0) is 15.7. The van der Waals surface area contributed by atoms with E-state index in [-0.39, 0.29) is 0 Å². The Morgan fingerprint density at radius 1 is 1.18 bits per heavy atom. The van der Waals surface area contributed by atoms with Crippen molar-refractivity contribution in [2.45, 2.75) is 25.6 Å². The largest absolute Gasteiger partial charge is 0.480 e. The second kappa shape index (κ2) is 6.29. The van der Waals surface area contributed by atoms with Crippen LogP contribution in [0.2, 0.25) is 10.0 Å². The normalized spacial score (nSPS) is 18.0. The average Bonchev–Trinajstić information content (AvgIpc) is 2.48. The van der Waals surface area contributed by atoms with E-state index < -0.39 is 12.0 Å². The second-order valence-corrected chi connectivity index (χ2v) is 6.31. The van der Waals surface area contributed by atoms with Gasteiger partial charge in [-0.3, -0.25) is 9.69 Å². The molecular weight excluding hydrogens is 321 g/mol. The standard InChI is InChI=1S/C17H15Cl2NO2/c18-14-6-5-11-8-16(17(21)22)20(10-13(11)7-14)9-12-3-1-2-4-15(12)19/h1-7,16H,8-10H2,(H,21,22)/t16-/m1/s1. The lowest BCUT2D eigenvalue weighted by atomic mass is 9.93. The summed E-state index contributed by atoms with van der Waals surface area (Å²) in [5.41, 5.74) is 3.06. The van der Waals surface area contributed by atoms with Gasteiger partial charge in [-0.2, -0.15) is 0 Å². The van der Waals surface area contributed by atoms with Gasteiger partial charge in [0.15, 0.2) is 0 Å². The molecule has 0 saturated heterocycles. The number of rotatable bonds is 3. The molecule has 2 aromatic rings. The third kappa shape index (κ3) is 3.12. The van der Waals surface area contributed by atoms with Crippen LogP contribution >= 0.6 is 23.2 Å². The van der Waals surface area contributed by atoms with E-state index in [9.17, 15) is 9.90 Å². The quantitative estimate of drug-likeness (QED) is 0.921. The first-order valence-electron chi connectivity index (χ1n) is 7.02. The fraction of sp³-hybridized carbons (Fsp3) is 0.235. The number of fused-ring (bicyclic) bond motifs is 1.